The highest BCUT2D eigenvalue weighted by Crippen LogP contribution is 2.15. The molecular weight excluding hydrogens is 594 g/mol. The van der Waals surface area contributed by atoms with Crippen LogP contribution in [0.3, 0.4) is 0 Å². The number of rotatable bonds is 10. The fourth-order valence-electron chi connectivity index (χ4n) is 3.64. The lowest BCUT2D eigenvalue weighted by atomic mass is 10.0. The van der Waals surface area contributed by atoms with Gasteiger partial charge in [-0.25, -0.2) is 0 Å². The van der Waals surface area contributed by atoms with Gasteiger partial charge < -0.3 is 26.6 Å². The monoisotopic (exact) mass is 627 g/mol. The van der Waals surface area contributed by atoms with Crippen molar-refractivity contribution in [2.24, 2.45) is 5.73 Å². The zero-order chi connectivity index (χ0) is 33.0. The number of nitro groups is 1. The molecule has 0 heterocycles. The molecule has 16 heteroatoms. The summed E-state index contributed by atoms with van der Waals surface area (Å²) >= 11 is 0. The summed E-state index contributed by atoms with van der Waals surface area (Å²) in [5.41, 5.74) is 7.94. The number of carbonyl (C=O) groups excluding carboxylic acids is 3. The molecule has 1 atom stereocenters. The van der Waals surface area contributed by atoms with Gasteiger partial charge in [0.15, 0.2) is 5.96 Å². The molecule has 3 amide bonds. The van der Waals surface area contributed by atoms with Crippen LogP contribution in [0.15, 0.2) is 72.8 Å². The van der Waals surface area contributed by atoms with Crippen LogP contribution in [-0.2, 0) is 27.9 Å². The molecule has 0 saturated heterocycles. The van der Waals surface area contributed by atoms with Crippen molar-refractivity contribution in [3.63, 3.8) is 0 Å². The van der Waals surface area contributed by atoms with Crippen LogP contribution in [0.5, 0.6) is 0 Å². The van der Waals surface area contributed by atoms with Crippen LogP contribution < -0.4 is 21.7 Å². The minimum atomic E-state index is -3.67. The summed E-state index contributed by atoms with van der Waals surface area (Å²) in [6, 6.07) is 17.8. The number of nitrogens with one attached hydrogen (secondary N) is 4. The lowest BCUT2D eigenvalue weighted by molar-refractivity contribution is -0.384. The predicted molar refractivity (Wildman–Crippen MR) is 164 cm³/mol. The van der Waals surface area contributed by atoms with Crippen molar-refractivity contribution >= 4 is 45.2 Å². The van der Waals surface area contributed by atoms with E-state index in [2.05, 4.69) is 16.0 Å². The maximum absolute atomic E-state index is 13.2. The van der Waals surface area contributed by atoms with Crippen LogP contribution in [0.4, 0.5) is 11.4 Å². The number of guanidine groups is 1. The lowest BCUT2D eigenvalue weighted by Crippen LogP contribution is -2.47. The number of hydrogen-bond donors (Lipinski definition) is 6. The summed E-state index contributed by atoms with van der Waals surface area (Å²) in [6.45, 7) is 0.160. The average Bonchev–Trinajstić information content (AvgIpc) is 2.94. The maximum atomic E-state index is 13.2. The number of nitrogens with two attached hydrogens (primary N) is 1. The van der Waals surface area contributed by atoms with Gasteiger partial charge in [0.25, 0.3) is 27.6 Å². The Balaban J connectivity index is 0.00000125. The number of nitro benzene ring substituents is 1. The van der Waals surface area contributed by atoms with Crippen molar-refractivity contribution in [3.05, 3.63) is 105 Å². The van der Waals surface area contributed by atoms with E-state index in [0.717, 1.165) is 5.56 Å². The van der Waals surface area contributed by atoms with E-state index in [1.165, 1.54) is 41.3 Å². The molecule has 0 fully saturated rings. The Labute approximate surface area is 253 Å². The summed E-state index contributed by atoms with van der Waals surface area (Å²) in [5.74, 6) is -1.34. The summed E-state index contributed by atoms with van der Waals surface area (Å²) in [4.78, 5) is 50.1. The van der Waals surface area contributed by atoms with E-state index in [9.17, 15) is 32.9 Å². The van der Waals surface area contributed by atoms with Gasteiger partial charge in [-0.3, -0.25) is 34.5 Å². The number of carbonyl (C=O) groups is 3. The molecule has 0 saturated carbocycles. The largest absolute Gasteiger partial charge is 0.370 e. The molecule has 7 N–H and O–H groups in total. The van der Waals surface area contributed by atoms with Crippen molar-refractivity contribution < 1.29 is 32.3 Å². The number of hydrogen-bond acceptors (Lipinski definition) is 8. The van der Waals surface area contributed by atoms with E-state index in [1.54, 1.807) is 50.5 Å². The van der Waals surface area contributed by atoms with Crippen LogP contribution in [0.1, 0.15) is 31.8 Å². The van der Waals surface area contributed by atoms with Gasteiger partial charge in [0.05, 0.1) is 11.2 Å². The first-order valence-electron chi connectivity index (χ1n) is 12.8. The van der Waals surface area contributed by atoms with E-state index in [-0.39, 0.29) is 36.1 Å². The molecule has 0 spiro atoms. The minimum Gasteiger partial charge on any atom is -0.370 e. The first-order valence-corrected chi connectivity index (χ1v) is 14.6. The van der Waals surface area contributed by atoms with Crippen LogP contribution in [-0.4, -0.2) is 72.9 Å². The highest BCUT2D eigenvalue weighted by molar-refractivity contribution is 7.85. The van der Waals surface area contributed by atoms with Crippen molar-refractivity contribution in [1.29, 1.82) is 5.41 Å². The molecule has 0 unspecified atom stereocenters. The predicted octanol–water partition coefficient (Wildman–Crippen LogP) is 1.76. The number of benzene rings is 3. The van der Waals surface area contributed by atoms with Gasteiger partial charge >= 0.3 is 0 Å². The standard InChI is InChI=1S/C27H29N7O5.CH4O3S/c1-33(2)26(37)20-7-3-18(4-8-20)16-30-25(36)23(15-17-5-13-22(14-6-17)34(38)39)32-24(35)19-9-11-21(12-10-19)31-27(28)29;1-5(2,3)4/h3-14,23H,15-16H2,1-2H3,(H,30,36)(H,32,35)(H4,28,29,31);1H3,(H,2,3,4)/t23-;/m0./s1. The Hall–Kier alpha value is -5.35. The summed E-state index contributed by atoms with van der Waals surface area (Å²) in [5, 5.41) is 26.4. The Morgan fingerprint density at radius 2 is 1.45 bits per heavy atom. The third-order valence-corrected chi connectivity index (χ3v) is 5.71. The van der Waals surface area contributed by atoms with Gasteiger partial charge in [-0.05, 0) is 47.5 Å². The second-order valence-corrected chi connectivity index (χ2v) is 11.1. The van der Waals surface area contributed by atoms with E-state index in [1.807, 2.05) is 0 Å². The van der Waals surface area contributed by atoms with Crippen molar-refractivity contribution in [2.45, 2.75) is 19.0 Å². The first kappa shape index (κ1) is 34.8. The van der Waals surface area contributed by atoms with Crippen molar-refractivity contribution in [1.82, 2.24) is 15.5 Å². The topological polar surface area (TPSA) is 238 Å². The van der Waals surface area contributed by atoms with Crippen LogP contribution in [0.25, 0.3) is 0 Å². The Morgan fingerprint density at radius 1 is 0.955 bits per heavy atom. The van der Waals surface area contributed by atoms with E-state index in [0.29, 0.717) is 23.1 Å². The molecule has 15 nitrogen and oxygen atoms in total. The Bertz CT molecular complexity index is 1580. The zero-order valence-corrected chi connectivity index (χ0v) is 24.9. The highest BCUT2D eigenvalue weighted by Gasteiger charge is 2.22. The van der Waals surface area contributed by atoms with Crippen LogP contribution >= 0.6 is 0 Å². The van der Waals surface area contributed by atoms with Gasteiger partial charge in [-0.2, -0.15) is 8.42 Å². The van der Waals surface area contributed by atoms with Crippen molar-refractivity contribution in [2.75, 3.05) is 25.7 Å². The fourth-order valence-corrected chi connectivity index (χ4v) is 3.64. The Kier molecular flexibility index (Phi) is 12.5. The third-order valence-electron chi connectivity index (χ3n) is 5.71. The van der Waals surface area contributed by atoms with Gasteiger partial charge in [0.1, 0.15) is 6.04 Å². The van der Waals surface area contributed by atoms with Crippen LogP contribution in [0, 0.1) is 15.5 Å². The van der Waals surface area contributed by atoms with Gasteiger partial charge in [-0.1, -0.05) is 24.3 Å². The average molecular weight is 628 g/mol. The molecule has 0 radical (unpaired) electrons. The molecule has 3 aromatic carbocycles. The van der Waals surface area contributed by atoms with Gasteiger partial charge in [0, 0.05) is 56.0 Å². The summed E-state index contributed by atoms with van der Waals surface area (Å²) < 4.78 is 25.9. The van der Waals surface area contributed by atoms with E-state index in [4.69, 9.17) is 15.7 Å². The minimum absolute atomic E-state index is 0.0840. The fraction of sp³-hybridized carbons (Fsp3) is 0.214. The summed E-state index contributed by atoms with van der Waals surface area (Å²) in [6.07, 6.45) is 0.808. The Morgan fingerprint density at radius 3 is 1.93 bits per heavy atom. The highest BCUT2D eigenvalue weighted by atomic mass is 32.2. The second-order valence-electron chi connectivity index (χ2n) is 9.62. The number of anilines is 1. The van der Waals surface area contributed by atoms with Gasteiger partial charge in [-0.15, -0.1) is 0 Å². The SMILES string of the molecule is CN(C)C(=O)c1ccc(CNC(=O)[C@H](Cc2ccc([N+](=O)[O-])cc2)NC(=O)c2ccc(NC(=N)N)cc2)cc1.CS(=O)(=O)O. The maximum Gasteiger partial charge on any atom is 0.269 e. The molecule has 3 rings (SSSR count). The number of non-ortho nitro benzene ring substituents is 1. The lowest BCUT2D eigenvalue weighted by Gasteiger charge is -2.19. The number of amides is 3. The molecule has 0 bridgehead atoms. The second kappa shape index (κ2) is 15.8. The molecule has 0 aromatic heterocycles. The molecule has 44 heavy (non-hydrogen) atoms. The molecule has 0 aliphatic rings. The first-order chi connectivity index (χ1) is 20.5. The quantitative estimate of drug-likeness (QED) is 0.0626. The molecule has 0 aliphatic heterocycles. The summed E-state index contributed by atoms with van der Waals surface area (Å²) in [7, 11) is -0.347. The van der Waals surface area contributed by atoms with E-state index >= 15 is 0 Å². The molecule has 3 aromatic rings. The van der Waals surface area contributed by atoms with Crippen LogP contribution in [0.2, 0.25) is 0 Å². The van der Waals surface area contributed by atoms with Gasteiger partial charge in [0.2, 0.25) is 5.91 Å². The zero-order valence-electron chi connectivity index (χ0n) is 24.1. The normalized spacial score (nSPS) is 11.2. The smallest absolute Gasteiger partial charge is 0.269 e. The molecule has 234 valence electrons. The molecule has 0 aliphatic carbocycles. The number of nitrogens with zero attached hydrogens (tertiary/aromatic N) is 2. The third kappa shape index (κ3) is 12.3. The van der Waals surface area contributed by atoms with E-state index < -0.39 is 32.9 Å². The van der Waals surface area contributed by atoms with Crippen molar-refractivity contribution in [3.8, 4) is 0 Å². The molecular formula is C28H33N7O8S.